The number of hydrogen-bond donors (Lipinski definition) is 0. The lowest BCUT2D eigenvalue weighted by Crippen LogP contribution is -2.45. The van der Waals surface area contributed by atoms with Gasteiger partial charge in [-0.25, -0.2) is 0 Å². The lowest BCUT2D eigenvalue weighted by atomic mass is 9.62. The highest BCUT2D eigenvalue weighted by Gasteiger charge is 2.47. The molecule has 0 saturated heterocycles. The highest BCUT2D eigenvalue weighted by Crippen LogP contribution is 2.63. The van der Waals surface area contributed by atoms with Gasteiger partial charge >= 0.3 is 0 Å². The van der Waals surface area contributed by atoms with Crippen LogP contribution in [0.5, 0.6) is 0 Å². The molecule has 0 nitrogen and oxygen atoms in total. The first kappa shape index (κ1) is 30.8. The highest BCUT2D eigenvalue weighted by atomic mass is 33.8. The van der Waals surface area contributed by atoms with E-state index in [1.807, 2.05) is 51.1 Å². The van der Waals surface area contributed by atoms with Crippen LogP contribution in [0.2, 0.25) is 0 Å². The highest BCUT2D eigenvalue weighted by molar-refractivity contribution is 9.35. The van der Waals surface area contributed by atoms with Gasteiger partial charge in [0.25, 0.3) is 0 Å². The molecule has 0 rings (SSSR count). The van der Waals surface area contributed by atoms with E-state index in [1.54, 1.807) is 0 Å². The molecule has 0 fully saturated rings. The molecule has 0 amide bonds. The van der Waals surface area contributed by atoms with Gasteiger partial charge in [0.05, 0.1) is 0 Å². The van der Waals surface area contributed by atoms with Crippen LogP contribution in [0.15, 0.2) is 0 Å². The summed E-state index contributed by atoms with van der Waals surface area (Å²) in [6.45, 7) is 38.5. The van der Waals surface area contributed by atoms with Crippen LogP contribution in [0.4, 0.5) is 0 Å². The first-order chi connectivity index (χ1) is 12.5. The van der Waals surface area contributed by atoms with E-state index >= 15 is 0 Å². The monoisotopic (exact) mass is 498 g/mol. The zero-order valence-corrected chi connectivity index (χ0v) is 26.3. The van der Waals surface area contributed by atoms with Crippen molar-refractivity contribution in [3.63, 3.8) is 0 Å². The molecule has 0 N–H and O–H groups in total. The molecule has 0 radical (unpaired) electrons. The molecule has 0 aliphatic heterocycles. The van der Waals surface area contributed by atoms with Crippen LogP contribution in [-0.4, -0.2) is 9.49 Å². The molecule has 5 heteroatoms. The fourth-order valence-electron chi connectivity index (χ4n) is 3.63. The Morgan fingerprint density at radius 2 is 0.655 bits per heavy atom. The smallest absolute Gasteiger partial charge is 0.0269 e. The molecule has 0 aliphatic carbocycles. The van der Waals surface area contributed by atoms with Crippen LogP contribution in [0.3, 0.4) is 0 Å². The Balaban J connectivity index is 4.83. The Morgan fingerprint density at radius 1 is 0.414 bits per heavy atom. The standard InChI is InChI=1S/C24H50S5/c1-17(19(3,4)5)21(9,10)23(13,14)25-27-29-28-26-24(15,16)22(11,12)18(2)20(6,7)8/h17-18H,1-16H3. The number of rotatable bonds is 10. The van der Waals surface area contributed by atoms with Crippen LogP contribution in [0.1, 0.15) is 111 Å². The van der Waals surface area contributed by atoms with Gasteiger partial charge in [-0.15, -0.1) is 0 Å². The van der Waals surface area contributed by atoms with Crippen molar-refractivity contribution in [3.8, 4) is 0 Å². The maximum atomic E-state index is 2.45. The zero-order chi connectivity index (χ0) is 23.7. The van der Waals surface area contributed by atoms with Crippen LogP contribution in [0, 0.1) is 33.5 Å². The number of hydrogen-bond acceptors (Lipinski definition) is 5. The maximum Gasteiger partial charge on any atom is 0.0269 e. The summed E-state index contributed by atoms with van der Waals surface area (Å²) >= 11 is 0. The Morgan fingerprint density at radius 3 is 0.862 bits per heavy atom. The lowest BCUT2D eigenvalue weighted by Gasteiger charge is -2.50. The molecule has 2 unspecified atom stereocenters. The SMILES string of the molecule is CC(C(C)(C)C)C(C)(C)C(C)(C)SSSSSC(C)(C)C(C)(C)C(C)C(C)(C)C. The molecule has 176 valence electrons. The van der Waals surface area contributed by atoms with Crippen molar-refractivity contribution in [2.75, 3.05) is 0 Å². The van der Waals surface area contributed by atoms with E-state index in [2.05, 4.69) is 111 Å². The second kappa shape index (κ2) is 10.3. The Labute approximate surface area is 203 Å². The van der Waals surface area contributed by atoms with Gasteiger partial charge in [-0.2, -0.15) is 0 Å². The molecule has 2 atom stereocenters. The molecule has 0 bridgehead atoms. The van der Waals surface area contributed by atoms with Crippen LogP contribution < -0.4 is 0 Å². The molecular formula is C24H50S5. The van der Waals surface area contributed by atoms with Gasteiger partial charge in [-0.05, 0) is 90.7 Å². The van der Waals surface area contributed by atoms with Gasteiger partial charge in [-0.3, -0.25) is 0 Å². The summed E-state index contributed by atoms with van der Waals surface area (Å²) in [5.41, 5.74) is 1.15. The van der Waals surface area contributed by atoms with Crippen LogP contribution >= 0.6 is 51.1 Å². The Hall–Kier alpha value is 1.75. The van der Waals surface area contributed by atoms with Gasteiger partial charge in [-0.1, -0.05) is 105 Å². The van der Waals surface area contributed by atoms with E-state index < -0.39 is 0 Å². The third-order valence-electron chi connectivity index (χ3n) is 8.41. The minimum atomic E-state index is 0.206. The Kier molecular flexibility index (Phi) is 11.0. The fourth-order valence-corrected chi connectivity index (χ4v) is 15.1. The third kappa shape index (κ3) is 7.93. The van der Waals surface area contributed by atoms with Crippen molar-refractivity contribution >= 4 is 51.1 Å². The largest absolute Gasteiger partial charge is 0.0749 e. The lowest BCUT2D eigenvalue weighted by molar-refractivity contribution is 0.0757. The summed E-state index contributed by atoms with van der Waals surface area (Å²) < 4.78 is 0.413. The normalized spacial score (nSPS) is 17.4. The van der Waals surface area contributed by atoms with E-state index in [0.717, 1.165) is 0 Å². The van der Waals surface area contributed by atoms with Crippen LogP contribution in [-0.2, 0) is 0 Å². The minimum Gasteiger partial charge on any atom is -0.0749 e. The molecule has 29 heavy (non-hydrogen) atoms. The first-order valence-electron chi connectivity index (χ1n) is 10.9. The summed E-state index contributed by atoms with van der Waals surface area (Å²) in [4.78, 5) is 0. The zero-order valence-electron chi connectivity index (χ0n) is 22.2. The third-order valence-corrected chi connectivity index (χ3v) is 19.0. The molecular weight excluding hydrogens is 449 g/mol. The van der Waals surface area contributed by atoms with Gasteiger partial charge in [0.15, 0.2) is 0 Å². The molecule has 0 heterocycles. The maximum absolute atomic E-state index is 2.45. The average Bonchev–Trinajstić information content (AvgIpc) is 2.50. The quantitative estimate of drug-likeness (QED) is 0.216. The molecule has 0 saturated carbocycles. The summed E-state index contributed by atoms with van der Waals surface area (Å²) in [5.74, 6) is 1.28. The van der Waals surface area contributed by atoms with Gasteiger partial charge in [0.2, 0.25) is 0 Å². The van der Waals surface area contributed by atoms with Crippen molar-refractivity contribution in [1.29, 1.82) is 0 Å². The van der Waals surface area contributed by atoms with Crippen LogP contribution in [0.25, 0.3) is 0 Å². The predicted octanol–water partition coefficient (Wildman–Crippen LogP) is 11.3. The van der Waals surface area contributed by atoms with Crippen molar-refractivity contribution in [2.24, 2.45) is 33.5 Å². The second-order valence-electron chi connectivity index (χ2n) is 13.0. The Bertz CT molecular complexity index is 460. The molecule has 0 aromatic rings. The van der Waals surface area contributed by atoms with Crippen molar-refractivity contribution in [3.05, 3.63) is 0 Å². The molecule has 0 spiro atoms. The van der Waals surface area contributed by atoms with E-state index in [-0.39, 0.29) is 20.3 Å². The van der Waals surface area contributed by atoms with Crippen molar-refractivity contribution in [2.45, 2.75) is 120 Å². The molecule has 0 aromatic carbocycles. The summed E-state index contributed by atoms with van der Waals surface area (Å²) in [5, 5.41) is 0. The fraction of sp³-hybridized carbons (Fsp3) is 1.00. The van der Waals surface area contributed by atoms with Gasteiger partial charge in [0, 0.05) is 9.49 Å². The first-order valence-corrected chi connectivity index (χ1v) is 17.0. The minimum absolute atomic E-state index is 0.206. The van der Waals surface area contributed by atoms with E-state index in [9.17, 15) is 0 Å². The second-order valence-corrected chi connectivity index (χ2v) is 21.7. The van der Waals surface area contributed by atoms with Crippen molar-refractivity contribution < 1.29 is 0 Å². The topological polar surface area (TPSA) is 0 Å². The molecule has 0 aliphatic rings. The summed E-state index contributed by atoms with van der Waals surface area (Å²) in [7, 11) is 9.94. The summed E-state index contributed by atoms with van der Waals surface area (Å²) in [6.07, 6.45) is 0. The summed E-state index contributed by atoms with van der Waals surface area (Å²) in [6, 6.07) is 0. The predicted molar refractivity (Wildman–Crippen MR) is 151 cm³/mol. The van der Waals surface area contributed by atoms with Gasteiger partial charge in [0.1, 0.15) is 0 Å². The van der Waals surface area contributed by atoms with Crippen molar-refractivity contribution in [1.82, 2.24) is 0 Å². The van der Waals surface area contributed by atoms with E-state index in [1.165, 1.54) is 0 Å². The van der Waals surface area contributed by atoms with Gasteiger partial charge < -0.3 is 0 Å². The van der Waals surface area contributed by atoms with E-state index in [4.69, 9.17) is 0 Å². The van der Waals surface area contributed by atoms with E-state index in [0.29, 0.717) is 22.7 Å². The molecule has 0 aromatic heterocycles. The average molecular weight is 499 g/mol.